The van der Waals surface area contributed by atoms with Gasteiger partial charge in [-0.05, 0) is 44.5 Å². The summed E-state index contributed by atoms with van der Waals surface area (Å²) in [7, 11) is 0. The van der Waals surface area contributed by atoms with Crippen molar-refractivity contribution in [1.29, 1.82) is 0 Å². The van der Waals surface area contributed by atoms with E-state index in [1.807, 2.05) is 51.1 Å². The molecule has 5 heteroatoms. The van der Waals surface area contributed by atoms with Gasteiger partial charge in [-0.25, -0.2) is 0 Å². The van der Waals surface area contributed by atoms with E-state index in [0.717, 1.165) is 15.7 Å². The van der Waals surface area contributed by atoms with Crippen LogP contribution in [0, 0.1) is 6.92 Å². The lowest BCUT2D eigenvalue weighted by atomic mass is 10.1. The number of carbonyl (C=O) groups is 1. The van der Waals surface area contributed by atoms with Gasteiger partial charge >= 0.3 is 0 Å². The number of aromatic nitrogens is 2. The Morgan fingerprint density at radius 3 is 2.65 bits per heavy atom. The van der Waals surface area contributed by atoms with Gasteiger partial charge in [0.15, 0.2) is 0 Å². The molecule has 0 aliphatic heterocycles. The molecule has 0 radical (unpaired) electrons. The molecule has 1 atom stereocenters. The van der Waals surface area contributed by atoms with Crippen LogP contribution in [0.5, 0.6) is 0 Å². The number of rotatable bonds is 4. The van der Waals surface area contributed by atoms with E-state index in [1.165, 1.54) is 0 Å². The number of hydrogen-bond donors (Lipinski definition) is 1. The molecule has 1 amide bonds. The Labute approximate surface area is 127 Å². The molecule has 1 unspecified atom stereocenters. The van der Waals surface area contributed by atoms with E-state index < -0.39 is 0 Å². The molecule has 0 aliphatic carbocycles. The van der Waals surface area contributed by atoms with Gasteiger partial charge in [0.05, 0.1) is 11.7 Å². The maximum Gasteiger partial charge on any atom is 0.270 e. The predicted molar refractivity (Wildman–Crippen MR) is 82.7 cm³/mol. The van der Waals surface area contributed by atoms with E-state index >= 15 is 0 Å². The number of benzene rings is 1. The van der Waals surface area contributed by atoms with Crippen molar-refractivity contribution >= 4 is 21.8 Å². The zero-order chi connectivity index (χ0) is 14.7. The van der Waals surface area contributed by atoms with Crippen LogP contribution in [0.1, 0.15) is 41.6 Å². The van der Waals surface area contributed by atoms with Gasteiger partial charge < -0.3 is 5.32 Å². The molecule has 1 aromatic carbocycles. The second kappa shape index (κ2) is 6.22. The topological polar surface area (TPSA) is 46.9 Å². The summed E-state index contributed by atoms with van der Waals surface area (Å²) in [5.41, 5.74) is 2.53. The highest BCUT2D eigenvalue weighted by Gasteiger charge is 2.16. The molecular formula is C15H18BrN3O. The first-order valence-electron chi connectivity index (χ1n) is 6.62. The summed E-state index contributed by atoms with van der Waals surface area (Å²) in [4.78, 5) is 12.3. The summed E-state index contributed by atoms with van der Waals surface area (Å²) in [6.45, 7) is 6.52. The molecule has 0 saturated heterocycles. The SMILES string of the molecule is CCn1nc(C)cc1C(=O)NC(C)c1ccc(Br)cc1. The van der Waals surface area contributed by atoms with Gasteiger partial charge in [-0.2, -0.15) is 5.10 Å². The number of hydrogen-bond acceptors (Lipinski definition) is 2. The molecule has 1 heterocycles. The maximum atomic E-state index is 12.3. The van der Waals surface area contributed by atoms with Crippen molar-refractivity contribution < 1.29 is 4.79 Å². The smallest absolute Gasteiger partial charge is 0.270 e. The molecule has 2 aromatic rings. The van der Waals surface area contributed by atoms with E-state index in [9.17, 15) is 4.79 Å². The number of aryl methyl sites for hydroxylation is 2. The second-order valence-electron chi connectivity index (χ2n) is 4.73. The van der Waals surface area contributed by atoms with E-state index in [4.69, 9.17) is 0 Å². The van der Waals surface area contributed by atoms with Crippen molar-refractivity contribution in [3.05, 3.63) is 51.8 Å². The highest BCUT2D eigenvalue weighted by atomic mass is 79.9. The first-order valence-corrected chi connectivity index (χ1v) is 7.41. The Balaban J connectivity index is 2.12. The zero-order valence-corrected chi connectivity index (χ0v) is 13.4. The molecule has 0 spiro atoms. The minimum absolute atomic E-state index is 0.0453. The molecule has 1 N–H and O–H groups in total. The van der Waals surface area contributed by atoms with Crippen molar-refractivity contribution in [2.24, 2.45) is 0 Å². The average molecular weight is 336 g/mol. The third-order valence-electron chi connectivity index (χ3n) is 3.15. The van der Waals surface area contributed by atoms with Gasteiger partial charge in [0.25, 0.3) is 5.91 Å². The number of carbonyl (C=O) groups excluding carboxylic acids is 1. The summed E-state index contributed by atoms with van der Waals surface area (Å²) in [6, 6.07) is 9.70. The molecule has 0 aliphatic rings. The fourth-order valence-corrected chi connectivity index (χ4v) is 2.34. The van der Waals surface area contributed by atoms with Crippen LogP contribution in [0.15, 0.2) is 34.8 Å². The molecular weight excluding hydrogens is 318 g/mol. The number of halogens is 1. The Morgan fingerprint density at radius 2 is 2.05 bits per heavy atom. The van der Waals surface area contributed by atoms with Gasteiger partial charge in [0.2, 0.25) is 0 Å². The third kappa shape index (κ3) is 3.28. The quantitative estimate of drug-likeness (QED) is 0.929. The van der Waals surface area contributed by atoms with Crippen LogP contribution in [0.2, 0.25) is 0 Å². The first-order chi connectivity index (χ1) is 9.51. The fraction of sp³-hybridized carbons (Fsp3) is 0.333. The van der Waals surface area contributed by atoms with Gasteiger partial charge in [0.1, 0.15) is 5.69 Å². The van der Waals surface area contributed by atoms with Crippen molar-refractivity contribution in [3.63, 3.8) is 0 Å². The Bertz CT molecular complexity index is 604. The number of amides is 1. The van der Waals surface area contributed by atoms with Gasteiger partial charge in [-0.1, -0.05) is 28.1 Å². The van der Waals surface area contributed by atoms with Crippen molar-refractivity contribution in [3.8, 4) is 0 Å². The van der Waals surface area contributed by atoms with Crippen LogP contribution in [-0.4, -0.2) is 15.7 Å². The zero-order valence-electron chi connectivity index (χ0n) is 11.9. The van der Waals surface area contributed by atoms with Crippen molar-refractivity contribution in [2.45, 2.75) is 33.4 Å². The summed E-state index contributed by atoms with van der Waals surface area (Å²) in [5.74, 6) is -0.0946. The minimum atomic E-state index is -0.0946. The molecule has 4 nitrogen and oxygen atoms in total. The molecule has 20 heavy (non-hydrogen) atoms. The Kier molecular flexibility index (Phi) is 4.60. The first kappa shape index (κ1) is 14.8. The van der Waals surface area contributed by atoms with Crippen LogP contribution in [-0.2, 0) is 6.54 Å². The molecule has 106 valence electrons. The van der Waals surface area contributed by atoms with E-state index in [1.54, 1.807) is 4.68 Å². The molecule has 0 bridgehead atoms. The maximum absolute atomic E-state index is 12.3. The van der Waals surface area contributed by atoms with Gasteiger partial charge in [-0.3, -0.25) is 9.48 Å². The Hall–Kier alpha value is -1.62. The summed E-state index contributed by atoms with van der Waals surface area (Å²) in [6.07, 6.45) is 0. The third-order valence-corrected chi connectivity index (χ3v) is 3.68. The molecule has 0 fully saturated rings. The van der Waals surface area contributed by atoms with Crippen molar-refractivity contribution in [1.82, 2.24) is 15.1 Å². The van der Waals surface area contributed by atoms with Gasteiger partial charge in [0, 0.05) is 11.0 Å². The normalized spacial score (nSPS) is 12.2. The molecule has 1 aromatic heterocycles. The van der Waals surface area contributed by atoms with E-state index in [0.29, 0.717) is 12.2 Å². The largest absolute Gasteiger partial charge is 0.344 e. The summed E-state index contributed by atoms with van der Waals surface area (Å²) in [5, 5.41) is 7.30. The lowest BCUT2D eigenvalue weighted by Gasteiger charge is -2.14. The lowest BCUT2D eigenvalue weighted by molar-refractivity contribution is 0.0929. The van der Waals surface area contributed by atoms with Crippen molar-refractivity contribution in [2.75, 3.05) is 0 Å². The van der Waals surface area contributed by atoms with E-state index in [-0.39, 0.29) is 11.9 Å². The number of nitrogens with zero attached hydrogens (tertiary/aromatic N) is 2. The van der Waals surface area contributed by atoms with Crippen LogP contribution in [0.25, 0.3) is 0 Å². The standard InChI is InChI=1S/C15H18BrN3O/c1-4-19-14(9-10(2)18-19)15(20)17-11(3)12-5-7-13(16)8-6-12/h5-9,11H,4H2,1-3H3,(H,17,20). The fourth-order valence-electron chi connectivity index (χ4n) is 2.07. The van der Waals surface area contributed by atoms with Crippen LogP contribution >= 0.6 is 15.9 Å². The summed E-state index contributed by atoms with van der Waals surface area (Å²) < 4.78 is 2.75. The average Bonchev–Trinajstić information content (AvgIpc) is 2.80. The Morgan fingerprint density at radius 1 is 1.40 bits per heavy atom. The summed E-state index contributed by atoms with van der Waals surface area (Å²) >= 11 is 3.40. The van der Waals surface area contributed by atoms with Gasteiger partial charge in [-0.15, -0.1) is 0 Å². The molecule has 0 saturated carbocycles. The highest BCUT2D eigenvalue weighted by Crippen LogP contribution is 2.17. The molecule has 2 rings (SSSR count). The van der Waals surface area contributed by atoms with E-state index in [2.05, 4.69) is 26.3 Å². The van der Waals surface area contributed by atoms with Crippen LogP contribution in [0.3, 0.4) is 0 Å². The second-order valence-corrected chi connectivity index (χ2v) is 5.65. The highest BCUT2D eigenvalue weighted by molar-refractivity contribution is 9.10. The lowest BCUT2D eigenvalue weighted by Crippen LogP contribution is -2.28. The van der Waals surface area contributed by atoms with Crippen LogP contribution < -0.4 is 5.32 Å². The minimum Gasteiger partial charge on any atom is -0.344 e. The predicted octanol–water partition coefficient (Wildman–Crippen LogP) is 3.46. The monoisotopic (exact) mass is 335 g/mol. The van der Waals surface area contributed by atoms with Crippen LogP contribution in [0.4, 0.5) is 0 Å². The number of nitrogens with one attached hydrogen (secondary N) is 1.